The zero-order chi connectivity index (χ0) is 15.1. The number of ether oxygens (including phenoxy) is 3. The van der Waals surface area contributed by atoms with E-state index in [1.807, 2.05) is 20.8 Å². The predicted octanol–water partition coefficient (Wildman–Crippen LogP) is 2.83. The van der Waals surface area contributed by atoms with Crippen molar-refractivity contribution in [3.05, 3.63) is 0 Å². The van der Waals surface area contributed by atoms with E-state index in [0.29, 0.717) is 11.8 Å². The van der Waals surface area contributed by atoms with Gasteiger partial charge in [-0.05, 0) is 51.9 Å². The van der Waals surface area contributed by atoms with Gasteiger partial charge in [0.25, 0.3) is 0 Å². The number of carbonyl (C=O) groups is 1. The fourth-order valence-corrected chi connectivity index (χ4v) is 4.07. The highest BCUT2D eigenvalue weighted by molar-refractivity contribution is 5.68. The molecule has 0 aromatic heterocycles. The van der Waals surface area contributed by atoms with Gasteiger partial charge in [0.1, 0.15) is 5.60 Å². The van der Waals surface area contributed by atoms with E-state index in [1.54, 1.807) is 0 Å². The Bertz CT molecular complexity index is 398. The summed E-state index contributed by atoms with van der Waals surface area (Å²) in [7, 11) is 0. The normalized spacial score (nSPS) is 34.7. The molecule has 21 heavy (non-hydrogen) atoms. The van der Waals surface area contributed by atoms with Crippen LogP contribution in [0.4, 0.5) is 4.79 Å². The Labute approximate surface area is 126 Å². The zero-order valence-corrected chi connectivity index (χ0v) is 13.3. The van der Waals surface area contributed by atoms with Crippen molar-refractivity contribution in [2.45, 2.75) is 70.3 Å². The van der Waals surface area contributed by atoms with Crippen LogP contribution in [0.5, 0.6) is 0 Å². The molecule has 0 radical (unpaired) electrons. The Morgan fingerprint density at radius 1 is 1.14 bits per heavy atom. The molecule has 1 spiro atoms. The van der Waals surface area contributed by atoms with Crippen LogP contribution in [-0.4, -0.2) is 36.7 Å². The number of rotatable bonds is 1. The summed E-state index contributed by atoms with van der Waals surface area (Å²) < 4.78 is 17.0. The average molecular weight is 297 g/mol. The largest absolute Gasteiger partial charge is 0.444 e. The Kier molecular flexibility index (Phi) is 3.91. The zero-order valence-electron chi connectivity index (χ0n) is 13.3. The summed E-state index contributed by atoms with van der Waals surface area (Å²) in [5.41, 5.74) is -0.440. The minimum Gasteiger partial charge on any atom is -0.444 e. The van der Waals surface area contributed by atoms with Gasteiger partial charge in [-0.1, -0.05) is 0 Å². The van der Waals surface area contributed by atoms with Gasteiger partial charge in [0.15, 0.2) is 5.79 Å². The second-order valence-electron chi connectivity index (χ2n) is 7.69. The smallest absolute Gasteiger partial charge is 0.407 e. The number of nitrogens with one attached hydrogen (secondary N) is 1. The number of hydrogen-bond donors (Lipinski definition) is 1. The van der Waals surface area contributed by atoms with E-state index in [2.05, 4.69) is 5.32 Å². The van der Waals surface area contributed by atoms with Crippen molar-refractivity contribution in [3.8, 4) is 0 Å². The summed E-state index contributed by atoms with van der Waals surface area (Å²) in [6, 6.07) is 0.220. The molecule has 0 aromatic carbocycles. The van der Waals surface area contributed by atoms with E-state index < -0.39 is 5.60 Å². The van der Waals surface area contributed by atoms with Gasteiger partial charge in [-0.3, -0.25) is 0 Å². The van der Waals surface area contributed by atoms with E-state index in [0.717, 1.165) is 45.3 Å². The van der Waals surface area contributed by atoms with Gasteiger partial charge in [-0.15, -0.1) is 0 Å². The van der Waals surface area contributed by atoms with Gasteiger partial charge in [0.05, 0.1) is 13.2 Å². The third-order valence-electron chi connectivity index (χ3n) is 4.82. The molecule has 3 rings (SSSR count). The first kappa shape index (κ1) is 15.1. The Balaban J connectivity index is 1.52. The molecule has 5 heteroatoms. The fourth-order valence-electron chi connectivity index (χ4n) is 4.07. The molecule has 1 N–H and O–H groups in total. The van der Waals surface area contributed by atoms with E-state index in [1.165, 1.54) is 0 Å². The van der Waals surface area contributed by atoms with E-state index >= 15 is 0 Å². The van der Waals surface area contributed by atoms with Crippen LogP contribution in [0, 0.1) is 11.8 Å². The molecular weight excluding hydrogens is 270 g/mol. The maximum absolute atomic E-state index is 11.9. The fraction of sp³-hybridized carbons (Fsp3) is 0.938. The van der Waals surface area contributed by atoms with Gasteiger partial charge in [-0.2, -0.15) is 0 Å². The second-order valence-corrected chi connectivity index (χ2v) is 7.69. The molecule has 1 heterocycles. The summed E-state index contributed by atoms with van der Waals surface area (Å²) >= 11 is 0. The average Bonchev–Trinajstić information content (AvgIpc) is 2.93. The number of carbonyl (C=O) groups excluding carboxylic acids is 1. The molecule has 0 bridgehead atoms. The van der Waals surface area contributed by atoms with Crippen LogP contribution in [0.2, 0.25) is 0 Å². The number of amides is 1. The van der Waals surface area contributed by atoms with Crippen molar-refractivity contribution >= 4 is 6.09 Å². The molecule has 1 amide bonds. The van der Waals surface area contributed by atoms with Crippen molar-refractivity contribution in [1.29, 1.82) is 0 Å². The number of hydrogen-bond acceptors (Lipinski definition) is 4. The van der Waals surface area contributed by atoms with Crippen molar-refractivity contribution in [3.63, 3.8) is 0 Å². The molecule has 1 saturated heterocycles. The van der Waals surface area contributed by atoms with Gasteiger partial charge >= 0.3 is 6.09 Å². The van der Waals surface area contributed by atoms with E-state index in [-0.39, 0.29) is 17.9 Å². The van der Waals surface area contributed by atoms with Crippen LogP contribution in [-0.2, 0) is 14.2 Å². The second kappa shape index (κ2) is 5.43. The van der Waals surface area contributed by atoms with Crippen molar-refractivity contribution < 1.29 is 19.0 Å². The summed E-state index contributed by atoms with van der Waals surface area (Å²) in [6.07, 6.45) is 4.88. The molecule has 3 aliphatic rings. The molecule has 2 saturated carbocycles. The molecule has 2 unspecified atom stereocenters. The standard InChI is InChI=1S/C16H27NO4/c1-15(2,3)21-14(18)17-13-5-4-11-9-16(10-12(11)8-13)19-6-7-20-16/h11-13H,4-10H2,1-3H3,(H,17,18)/t11?,12-,13?/m0/s1. The maximum Gasteiger partial charge on any atom is 0.407 e. The maximum atomic E-state index is 11.9. The van der Waals surface area contributed by atoms with Crippen LogP contribution in [0.25, 0.3) is 0 Å². The summed E-state index contributed by atoms with van der Waals surface area (Å²) in [6.45, 7) is 7.11. The van der Waals surface area contributed by atoms with Gasteiger partial charge in [-0.25, -0.2) is 4.79 Å². The first-order chi connectivity index (χ1) is 9.85. The van der Waals surface area contributed by atoms with Crippen molar-refractivity contribution in [2.75, 3.05) is 13.2 Å². The van der Waals surface area contributed by atoms with E-state index in [4.69, 9.17) is 14.2 Å². The minimum absolute atomic E-state index is 0.220. The highest BCUT2D eigenvalue weighted by Crippen LogP contribution is 2.50. The van der Waals surface area contributed by atoms with Crippen LogP contribution < -0.4 is 5.32 Å². The highest BCUT2D eigenvalue weighted by Gasteiger charge is 2.51. The SMILES string of the molecule is CC(C)(C)OC(=O)NC1CCC2CC3(C[C@@H]2C1)OCCO3. The van der Waals surface area contributed by atoms with Crippen LogP contribution in [0.15, 0.2) is 0 Å². The molecule has 2 aliphatic carbocycles. The lowest BCUT2D eigenvalue weighted by Crippen LogP contribution is -2.42. The third-order valence-corrected chi connectivity index (χ3v) is 4.82. The topological polar surface area (TPSA) is 56.8 Å². The Morgan fingerprint density at radius 3 is 2.48 bits per heavy atom. The minimum atomic E-state index is -0.440. The predicted molar refractivity (Wildman–Crippen MR) is 77.9 cm³/mol. The monoisotopic (exact) mass is 297 g/mol. The summed E-state index contributed by atoms with van der Waals surface area (Å²) in [5.74, 6) is 0.965. The van der Waals surface area contributed by atoms with Crippen molar-refractivity contribution in [1.82, 2.24) is 5.32 Å². The Hall–Kier alpha value is -0.810. The number of alkyl carbamates (subject to hydrolysis) is 1. The molecule has 0 aromatic rings. The lowest BCUT2D eigenvalue weighted by Gasteiger charge is -2.32. The Morgan fingerprint density at radius 2 is 1.81 bits per heavy atom. The van der Waals surface area contributed by atoms with Crippen LogP contribution in [0.3, 0.4) is 0 Å². The molecule has 120 valence electrons. The summed E-state index contributed by atoms with van der Waals surface area (Å²) in [5, 5.41) is 3.02. The first-order valence-electron chi connectivity index (χ1n) is 8.13. The molecule has 3 fully saturated rings. The molecule has 5 nitrogen and oxygen atoms in total. The molecule has 1 aliphatic heterocycles. The van der Waals surface area contributed by atoms with Crippen LogP contribution >= 0.6 is 0 Å². The third kappa shape index (κ3) is 3.51. The number of fused-ring (bicyclic) bond motifs is 1. The lowest BCUT2D eigenvalue weighted by atomic mass is 9.79. The van der Waals surface area contributed by atoms with Crippen LogP contribution in [0.1, 0.15) is 52.9 Å². The summed E-state index contributed by atoms with van der Waals surface area (Å²) in [4.78, 5) is 11.9. The van der Waals surface area contributed by atoms with Gasteiger partial charge < -0.3 is 19.5 Å². The molecular formula is C16H27NO4. The quantitative estimate of drug-likeness (QED) is 0.808. The van der Waals surface area contributed by atoms with Gasteiger partial charge in [0.2, 0.25) is 0 Å². The van der Waals surface area contributed by atoms with Gasteiger partial charge in [0, 0.05) is 18.9 Å². The first-order valence-corrected chi connectivity index (χ1v) is 8.13. The molecule has 3 atom stereocenters. The van der Waals surface area contributed by atoms with E-state index in [9.17, 15) is 4.79 Å². The lowest BCUT2D eigenvalue weighted by molar-refractivity contribution is -0.154. The van der Waals surface area contributed by atoms with Crippen molar-refractivity contribution in [2.24, 2.45) is 11.8 Å². The highest BCUT2D eigenvalue weighted by atomic mass is 16.7.